The number of halogens is 3. The highest BCUT2D eigenvalue weighted by atomic mass is 35.5. The Morgan fingerprint density at radius 2 is 1.55 bits per heavy atom. The van der Waals surface area contributed by atoms with Gasteiger partial charge in [-0.3, -0.25) is 13.9 Å². The molecule has 2 amide bonds. The van der Waals surface area contributed by atoms with E-state index in [1.165, 1.54) is 30.1 Å². The predicted octanol–water partition coefficient (Wildman–Crippen LogP) is 5.70. The van der Waals surface area contributed by atoms with Gasteiger partial charge in [-0.15, -0.1) is 0 Å². The highest BCUT2D eigenvalue weighted by Crippen LogP contribution is 2.29. The van der Waals surface area contributed by atoms with Crippen LogP contribution in [0.5, 0.6) is 0 Å². The third kappa shape index (κ3) is 6.80. The van der Waals surface area contributed by atoms with E-state index in [9.17, 15) is 18.0 Å². The normalized spacial score (nSPS) is 12.1. The average molecular weight is 597 g/mol. The third-order valence-electron chi connectivity index (χ3n) is 6.01. The summed E-state index contributed by atoms with van der Waals surface area (Å²) in [6, 6.07) is 16.6. The molecule has 11 heteroatoms. The molecule has 7 nitrogen and oxygen atoms in total. The second-order valence-corrected chi connectivity index (χ2v) is 11.7. The molecular weight excluding hydrogens is 569 g/mol. The molecule has 202 valence electrons. The first-order chi connectivity index (χ1) is 18.0. The molecule has 38 heavy (non-hydrogen) atoms. The number of hydrogen-bond donors (Lipinski definition) is 1. The molecule has 0 saturated heterocycles. The Morgan fingerprint density at radius 1 is 0.947 bits per heavy atom. The van der Waals surface area contributed by atoms with Gasteiger partial charge in [0.25, 0.3) is 10.0 Å². The predicted molar refractivity (Wildman–Crippen MR) is 152 cm³/mol. The molecular formula is C27H28Cl3N3O4S. The maximum Gasteiger partial charge on any atom is 0.264 e. The van der Waals surface area contributed by atoms with Gasteiger partial charge in [0.15, 0.2) is 0 Å². The highest BCUT2D eigenvalue weighted by Gasteiger charge is 2.34. The van der Waals surface area contributed by atoms with Crippen molar-refractivity contribution in [1.82, 2.24) is 10.2 Å². The number of hydrogen-bond acceptors (Lipinski definition) is 4. The number of anilines is 1. The molecule has 1 N–H and O–H groups in total. The highest BCUT2D eigenvalue weighted by molar-refractivity contribution is 7.92. The molecule has 3 aromatic rings. The maximum atomic E-state index is 13.9. The molecule has 3 aromatic carbocycles. The van der Waals surface area contributed by atoms with E-state index in [1.54, 1.807) is 55.5 Å². The zero-order valence-corrected chi connectivity index (χ0v) is 24.2. The van der Waals surface area contributed by atoms with Crippen molar-refractivity contribution in [2.75, 3.05) is 17.9 Å². The fourth-order valence-electron chi connectivity index (χ4n) is 3.94. The molecule has 0 aliphatic rings. The lowest BCUT2D eigenvalue weighted by atomic mass is 10.1. The van der Waals surface area contributed by atoms with Crippen molar-refractivity contribution in [3.63, 3.8) is 0 Å². The topological polar surface area (TPSA) is 86.8 Å². The minimum absolute atomic E-state index is 0.00918. The summed E-state index contributed by atoms with van der Waals surface area (Å²) in [7, 11) is -2.72. The van der Waals surface area contributed by atoms with E-state index in [4.69, 9.17) is 34.8 Å². The first-order valence-corrected chi connectivity index (χ1v) is 14.4. The van der Waals surface area contributed by atoms with E-state index in [1.807, 2.05) is 6.92 Å². The van der Waals surface area contributed by atoms with Gasteiger partial charge in [-0.05, 0) is 55.8 Å². The molecule has 0 fully saturated rings. The van der Waals surface area contributed by atoms with Gasteiger partial charge in [0.1, 0.15) is 12.6 Å². The van der Waals surface area contributed by atoms with Crippen LogP contribution in [0.3, 0.4) is 0 Å². The summed E-state index contributed by atoms with van der Waals surface area (Å²) in [5, 5.41) is 3.51. The van der Waals surface area contributed by atoms with E-state index >= 15 is 0 Å². The summed E-state index contributed by atoms with van der Waals surface area (Å²) in [5.41, 5.74) is 1.53. The summed E-state index contributed by atoms with van der Waals surface area (Å²) in [6.45, 7) is 2.91. The number of nitrogens with one attached hydrogen (secondary N) is 1. The summed E-state index contributed by atoms with van der Waals surface area (Å²) in [4.78, 5) is 28.0. The van der Waals surface area contributed by atoms with Gasteiger partial charge in [0.2, 0.25) is 11.8 Å². The average Bonchev–Trinajstić information content (AvgIpc) is 2.88. The monoisotopic (exact) mass is 595 g/mol. The van der Waals surface area contributed by atoms with Crippen LogP contribution in [0.25, 0.3) is 0 Å². The molecule has 0 spiro atoms. The van der Waals surface area contributed by atoms with Crippen molar-refractivity contribution >= 4 is 62.3 Å². The van der Waals surface area contributed by atoms with Gasteiger partial charge in [-0.25, -0.2) is 8.42 Å². The Hall–Kier alpha value is -2.78. The van der Waals surface area contributed by atoms with E-state index in [0.29, 0.717) is 20.6 Å². The van der Waals surface area contributed by atoms with Crippen molar-refractivity contribution in [3.8, 4) is 0 Å². The van der Waals surface area contributed by atoms with Crippen LogP contribution in [0, 0.1) is 6.92 Å². The number of benzene rings is 3. The second kappa shape index (κ2) is 12.8. The van der Waals surface area contributed by atoms with Crippen molar-refractivity contribution in [1.29, 1.82) is 0 Å². The number of carbonyl (C=O) groups excluding carboxylic acids is 2. The zero-order chi connectivity index (χ0) is 28.0. The van der Waals surface area contributed by atoms with Crippen LogP contribution in [0.15, 0.2) is 71.6 Å². The van der Waals surface area contributed by atoms with Gasteiger partial charge in [0.05, 0.1) is 10.6 Å². The number of aryl methyl sites for hydroxylation is 1. The third-order valence-corrected chi connectivity index (χ3v) is 8.74. The van der Waals surface area contributed by atoms with Gasteiger partial charge in [-0.2, -0.15) is 0 Å². The number of likely N-dealkylation sites (N-methyl/N-ethyl adjacent to an activating group) is 1. The second-order valence-electron chi connectivity index (χ2n) is 8.56. The molecule has 0 radical (unpaired) electrons. The first kappa shape index (κ1) is 29.8. The summed E-state index contributed by atoms with van der Waals surface area (Å²) in [5.74, 6) is -1.02. The Labute approximate surface area is 238 Å². The smallest absolute Gasteiger partial charge is 0.264 e. The number of carbonyl (C=O) groups is 2. The van der Waals surface area contributed by atoms with Gasteiger partial charge in [-0.1, -0.05) is 71.6 Å². The van der Waals surface area contributed by atoms with Crippen molar-refractivity contribution in [2.45, 2.75) is 37.8 Å². The maximum absolute atomic E-state index is 13.9. The Kier molecular flexibility index (Phi) is 10.1. The van der Waals surface area contributed by atoms with Crippen molar-refractivity contribution in [2.24, 2.45) is 0 Å². The van der Waals surface area contributed by atoms with E-state index in [-0.39, 0.29) is 23.5 Å². The van der Waals surface area contributed by atoms with Crippen molar-refractivity contribution in [3.05, 3.63) is 92.9 Å². The van der Waals surface area contributed by atoms with Crippen LogP contribution in [0.2, 0.25) is 15.1 Å². The summed E-state index contributed by atoms with van der Waals surface area (Å²) in [6.07, 6.45) is 0.273. The number of nitrogens with zero attached hydrogens (tertiary/aromatic N) is 2. The molecule has 1 atom stereocenters. The van der Waals surface area contributed by atoms with Crippen LogP contribution in [-0.4, -0.2) is 44.8 Å². The molecule has 1 unspecified atom stereocenters. The lowest BCUT2D eigenvalue weighted by Crippen LogP contribution is -2.51. The zero-order valence-electron chi connectivity index (χ0n) is 21.1. The van der Waals surface area contributed by atoms with E-state index < -0.39 is 34.4 Å². The fourth-order valence-corrected chi connectivity index (χ4v) is 6.04. The lowest BCUT2D eigenvalue weighted by molar-refractivity contribution is -0.140. The molecule has 0 heterocycles. The molecule has 0 aliphatic heterocycles. The number of rotatable bonds is 10. The number of sulfonamides is 1. The van der Waals surface area contributed by atoms with E-state index in [0.717, 1.165) is 9.87 Å². The molecule has 0 bridgehead atoms. The van der Waals surface area contributed by atoms with Crippen molar-refractivity contribution < 1.29 is 18.0 Å². The van der Waals surface area contributed by atoms with Gasteiger partial charge >= 0.3 is 0 Å². The Balaban J connectivity index is 2.10. The number of amides is 2. The minimum atomic E-state index is -4.19. The minimum Gasteiger partial charge on any atom is -0.357 e. The van der Waals surface area contributed by atoms with Gasteiger partial charge in [0, 0.05) is 34.2 Å². The Bertz CT molecular complexity index is 1400. The SMILES string of the molecule is CCC(C(=O)NC)N(Cc1c(Cl)cccc1Cl)C(=O)CN(c1cccc(Cl)c1)S(=O)(=O)c1ccc(C)cc1. The lowest BCUT2D eigenvalue weighted by Gasteiger charge is -2.33. The summed E-state index contributed by atoms with van der Waals surface area (Å²) < 4.78 is 28.6. The Morgan fingerprint density at radius 3 is 2.11 bits per heavy atom. The van der Waals surface area contributed by atoms with Crippen LogP contribution in [0.4, 0.5) is 5.69 Å². The molecule has 0 saturated carbocycles. The fraction of sp³-hybridized carbons (Fsp3) is 0.259. The first-order valence-electron chi connectivity index (χ1n) is 11.8. The quantitative estimate of drug-likeness (QED) is 0.325. The van der Waals surface area contributed by atoms with E-state index in [2.05, 4.69) is 5.32 Å². The van der Waals surface area contributed by atoms with Crippen LogP contribution >= 0.6 is 34.8 Å². The molecule has 0 aromatic heterocycles. The standard InChI is InChI=1S/C27H28Cl3N3O4S/c1-4-25(27(35)31-3)32(16-22-23(29)9-6-10-24(22)30)26(34)17-33(20-8-5-7-19(28)15-20)38(36,37)21-13-11-18(2)12-14-21/h5-15,25H,4,16-17H2,1-3H3,(H,31,35). The van der Waals surface area contributed by atoms with Crippen LogP contribution < -0.4 is 9.62 Å². The van der Waals surface area contributed by atoms with Gasteiger partial charge < -0.3 is 10.2 Å². The summed E-state index contributed by atoms with van der Waals surface area (Å²) >= 11 is 18.9. The largest absolute Gasteiger partial charge is 0.357 e. The van der Waals surface area contributed by atoms with Crippen LogP contribution in [-0.2, 0) is 26.2 Å². The van der Waals surface area contributed by atoms with Crippen LogP contribution in [0.1, 0.15) is 24.5 Å². The molecule has 0 aliphatic carbocycles. The molecule has 3 rings (SSSR count).